The van der Waals surface area contributed by atoms with Crippen LogP contribution in [0, 0.1) is 0 Å². The van der Waals surface area contributed by atoms with Gasteiger partial charge in [-0.3, -0.25) is 4.79 Å². The van der Waals surface area contributed by atoms with Crippen molar-refractivity contribution in [1.29, 1.82) is 0 Å². The van der Waals surface area contributed by atoms with Crippen LogP contribution >= 0.6 is 0 Å². The lowest BCUT2D eigenvalue weighted by Gasteiger charge is -2.12. The molecule has 7 nitrogen and oxygen atoms in total. The second-order valence-corrected chi connectivity index (χ2v) is 8.07. The molecule has 0 unspecified atom stereocenters. The van der Waals surface area contributed by atoms with Crippen molar-refractivity contribution in [3.05, 3.63) is 59.4 Å². The van der Waals surface area contributed by atoms with E-state index >= 15 is 0 Å². The number of carbonyl (C=O) groups excluding carboxylic acids is 1. The van der Waals surface area contributed by atoms with Crippen LogP contribution in [0.5, 0.6) is 0 Å². The van der Waals surface area contributed by atoms with Gasteiger partial charge in [-0.2, -0.15) is 18.3 Å². The second kappa shape index (κ2) is 7.51. The summed E-state index contributed by atoms with van der Waals surface area (Å²) in [5.74, 6) is 0.679. The van der Waals surface area contributed by atoms with Crippen molar-refractivity contribution in [2.75, 3.05) is 6.54 Å². The van der Waals surface area contributed by atoms with E-state index in [1.165, 1.54) is 16.9 Å². The van der Waals surface area contributed by atoms with Gasteiger partial charge in [-0.1, -0.05) is 6.07 Å². The summed E-state index contributed by atoms with van der Waals surface area (Å²) in [6.45, 7) is 0.392. The van der Waals surface area contributed by atoms with Crippen LogP contribution in [-0.2, 0) is 12.6 Å². The van der Waals surface area contributed by atoms with E-state index in [1.54, 1.807) is 12.4 Å². The van der Waals surface area contributed by atoms with Crippen LogP contribution < -0.4 is 5.32 Å². The van der Waals surface area contributed by atoms with Gasteiger partial charge in [-0.15, -0.1) is 10.2 Å². The van der Waals surface area contributed by atoms with Crippen LogP contribution in [0.1, 0.15) is 65.1 Å². The summed E-state index contributed by atoms with van der Waals surface area (Å²) in [4.78, 5) is 12.8. The highest BCUT2D eigenvalue weighted by Crippen LogP contribution is 2.43. The first-order valence-electron chi connectivity index (χ1n) is 10.3. The Bertz CT molecular complexity index is 1110. The number of rotatable bonds is 7. The zero-order valence-corrected chi connectivity index (χ0v) is 16.6. The molecular weight excluding hydrogens is 409 g/mol. The molecule has 0 bridgehead atoms. The Hall–Kier alpha value is -3.17. The van der Waals surface area contributed by atoms with Gasteiger partial charge in [0.15, 0.2) is 0 Å². The monoisotopic (exact) mass is 430 g/mol. The zero-order chi connectivity index (χ0) is 21.6. The Morgan fingerprint density at radius 3 is 2.71 bits per heavy atom. The van der Waals surface area contributed by atoms with Gasteiger partial charge in [-0.05, 0) is 43.9 Å². The van der Waals surface area contributed by atoms with Crippen LogP contribution in [-0.4, -0.2) is 37.0 Å². The molecule has 1 amide bonds. The minimum atomic E-state index is -4.44. The van der Waals surface area contributed by atoms with Gasteiger partial charge in [0.2, 0.25) is 0 Å². The first-order chi connectivity index (χ1) is 14.9. The standard InChI is InChI=1S/C21H21F3N6O/c22-21(23,24)14-2-1-3-16(10-14)30-19(13-4-5-13)17(11-27-30)20(31)25-9-8-18-28-26-12-29(18)15-6-7-15/h1-3,10-13,15H,4-9H2,(H,25,31). The molecule has 0 spiro atoms. The molecule has 0 saturated heterocycles. The van der Waals surface area contributed by atoms with Crippen LogP contribution in [0.25, 0.3) is 5.69 Å². The summed E-state index contributed by atoms with van der Waals surface area (Å²) in [7, 11) is 0. The molecule has 0 aliphatic heterocycles. The fourth-order valence-corrected chi connectivity index (χ4v) is 3.79. The largest absolute Gasteiger partial charge is 0.416 e. The van der Waals surface area contributed by atoms with E-state index in [4.69, 9.17) is 0 Å². The fourth-order valence-electron chi connectivity index (χ4n) is 3.79. The molecule has 2 fully saturated rings. The number of nitrogens with one attached hydrogen (secondary N) is 1. The molecule has 3 aromatic rings. The molecule has 10 heteroatoms. The van der Waals surface area contributed by atoms with E-state index in [0.717, 1.165) is 43.6 Å². The Labute approximate surface area is 176 Å². The SMILES string of the molecule is O=C(NCCc1nncn1C1CC1)c1cnn(-c2cccc(C(F)(F)F)c2)c1C1CC1. The van der Waals surface area contributed by atoms with E-state index in [9.17, 15) is 18.0 Å². The van der Waals surface area contributed by atoms with Gasteiger partial charge in [0.25, 0.3) is 5.91 Å². The molecule has 0 radical (unpaired) electrons. The summed E-state index contributed by atoms with van der Waals surface area (Å²) >= 11 is 0. The molecule has 2 saturated carbocycles. The maximum absolute atomic E-state index is 13.1. The number of alkyl halides is 3. The highest BCUT2D eigenvalue weighted by atomic mass is 19.4. The smallest absolute Gasteiger partial charge is 0.351 e. The van der Waals surface area contributed by atoms with Crippen molar-refractivity contribution in [3.8, 4) is 5.69 Å². The van der Waals surface area contributed by atoms with Crippen molar-refractivity contribution >= 4 is 5.91 Å². The number of amides is 1. The van der Waals surface area contributed by atoms with Gasteiger partial charge in [0.05, 0.1) is 28.7 Å². The average Bonchev–Trinajstić information content (AvgIpc) is 3.68. The number of halogens is 3. The minimum absolute atomic E-state index is 0.121. The number of hydrogen-bond donors (Lipinski definition) is 1. The van der Waals surface area contributed by atoms with E-state index in [0.29, 0.717) is 36.0 Å². The third-order valence-corrected chi connectivity index (χ3v) is 5.65. The molecular formula is C21H21F3N6O. The Morgan fingerprint density at radius 2 is 2.00 bits per heavy atom. The quantitative estimate of drug-likeness (QED) is 0.621. The first kappa shape index (κ1) is 19.8. The van der Waals surface area contributed by atoms with Crippen molar-refractivity contribution in [3.63, 3.8) is 0 Å². The number of hydrogen-bond acceptors (Lipinski definition) is 4. The molecule has 2 aromatic heterocycles. The molecule has 162 valence electrons. The van der Waals surface area contributed by atoms with Crippen LogP contribution in [0.2, 0.25) is 0 Å². The van der Waals surface area contributed by atoms with Crippen LogP contribution in [0.4, 0.5) is 13.2 Å². The molecule has 2 heterocycles. The predicted octanol–water partition coefficient (Wildman–Crippen LogP) is 3.67. The average molecular weight is 430 g/mol. The first-order valence-corrected chi connectivity index (χ1v) is 10.3. The van der Waals surface area contributed by atoms with Crippen LogP contribution in [0.3, 0.4) is 0 Å². The van der Waals surface area contributed by atoms with Crippen molar-refractivity contribution < 1.29 is 18.0 Å². The highest BCUT2D eigenvalue weighted by molar-refractivity contribution is 5.95. The zero-order valence-electron chi connectivity index (χ0n) is 16.6. The number of benzene rings is 1. The van der Waals surface area contributed by atoms with Crippen molar-refractivity contribution in [2.45, 2.75) is 50.2 Å². The molecule has 2 aliphatic rings. The number of aromatic nitrogens is 5. The predicted molar refractivity (Wildman–Crippen MR) is 105 cm³/mol. The molecule has 1 aromatic carbocycles. The lowest BCUT2D eigenvalue weighted by molar-refractivity contribution is -0.137. The number of carbonyl (C=O) groups is 1. The summed E-state index contributed by atoms with van der Waals surface area (Å²) in [6, 6.07) is 5.48. The number of nitrogens with zero attached hydrogens (tertiary/aromatic N) is 5. The lowest BCUT2D eigenvalue weighted by atomic mass is 10.1. The summed E-state index contributed by atoms with van der Waals surface area (Å²) in [6.07, 6.45) is 3.29. The van der Waals surface area contributed by atoms with Crippen molar-refractivity contribution in [1.82, 2.24) is 29.9 Å². The summed E-state index contributed by atoms with van der Waals surface area (Å²) < 4.78 is 42.9. The van der Waals surface area contributed by atoms with Crippen LogP contribution in [0.15, 0.2) is 36.8 Å². The molecule has 1 N–H and O–H groups in total. The highest BCUT2D eigenvalue weighted by Gasteiger charge is 2.34. The van der Waals surface area contributed by atoms with Gasteiger partial charge < -0.3 is 9.88 Å². The van der Waals surface area contributed by atoms with Gasteiger partial charge in [0.1, 0.15) is 12.2 Å². The summed E-state index contributed by atoms with van der Waals surface area (Å²) in [5, 5.41) is 15.2. The molecule has 0 atom stereocenters. The van der Waals surface area contributed by atoms with E-state index in [2.05, 4.69) is 20.6 Å². The summed E-state index contributed by atoms with van der Waals surface area (Å²) in [5.41, 5.74) is 0.628. The Balaban J connectivity index is 1.33. The third-order valence-electron chi connectivity index (χ3n) is 5.65. The van der Waals surface area contributed by atoms with E-state index < -0.39 is 11.7 Å². The fraction of sp³-hybridized carbons (Fsp3) is 0.429. The topological polar surface area (TPSA) is 77.6 Å². The Morgan fingerprint density at radius 1 is 1.19 bits per heavy atom. The Kier molecular flexibility index (Phi) is 4.79. The normalized spacial score (nSPS) is 16.5. The maximum atomic E-state index is 13.1. The minimum Gasteiger partial charge on any atom is -0.351 e. The van der Waals surface area contributed by atoms with Gasteiger partial charge in [-0.25, -0.2) is 4.68 Å². The van der Waals surface area contributed by atoms with Crippen molar-refractivity contribution in [2.24, 2.45) is 0 Å². The van der Waals surface area contributed by atoms with Gasteiger partial charge in [0, 0.05) is 24.9 Å². The van der Waals surface area contributed by atoms with Gasteiger partial charge >= 0.3 is 6.18 Å². The maximum Gasteiger partial charge on any atom is 0.416 e. The third kappa shape index (κ3) is 4.06. The molecule has 31 heavy (non-hydrogen) atoms. The van der Waals surface area contributed by atoms with E-state index in [-0.39, 0.29) is 11.8 Å². The molecule has 5 rings (SSSR count). The molecule has 2 aliphatic carbocycles. The van der Waals surface area contributed by atoms with E-state index in [1.807, 2.05) is 4.57 Å². The second-order valence-electron chi connectivity index (χ2n) is 8.07. The lowest BCUT2D eigenvalue weighted by Crippen LogP contribution is -2.27.